The summed E-state index contributed by atoms with van der Waals surface area (Å²) in [6.07, 6.45) is -2.03. The number of sulfone groups is 1. The zero-order valence-electron chi connectivity index (χ0n) is 25.3. The molecule has 2 fully saturated rings. The number of rotatable bonds is 9. The first-order valence-electron chi connectivity index (χ1n) is 14.9. The number of fused-ring (bicyclic) bond motifs is 1. The number of nitrogens with two attached hydrogens (primary N) is 1. The monoisotopic (exact) mass is 709 g/mol. The Balaban J connectivity index is 1.32. The van der Waals surface area contributed by atoms with E-state index in [1.165, 1.54) is 29.5 Å². The van der Waals surface area contributed by atoms with E-state index in [1.54, 1.807) is 18.2 Å². The summed E-state index contributed by atoms with van der Waals surface area (Å²) in [4.78, 5) is 2.35. The molecule has 1 aliphatic heterocycles. The van der Waals surface area contributed by atoms with E-state index in [0.29, 0.717) is 39.8 Å². The second kappa shape index (κ2) is 14.3. The molecule has 47 heavy (non-hydrogen) atoms. The molecular formula is C31H34F3N5O5S3. The van der Waals surface area contributed by atoms with E-state index in [0.717, 1.165) is 31.4 Å². The summed E-state index contributed by atoms with van der Waals surface area (Å²) < 4.78 is 94.2. The number of anilines is 2. The molecule has 1 aromatic heterocycles. The van der Waals surface area contributed by atoms with Gasteiger partial charge < -0.3 is 15.4 Å². The summed E-state index contributed by atoms with van der Waals surface area (Å²) in [6, 6.07) is 11.4. The van der Waals surface area contributed by atoms with Crippen molar-refractivity contribution < 1.29 is 34.7 Å². The molecule has 5 rings (SSSR count). The van der Waals surface area contributed by atoms with Crippen LogP contribution in [0.4, 0.5) is 24.5 Å². The average molecular weight is 710 g/mol. The van der Waals surface area contributed by atoms with Crippen LogP contribution in [0.5, 0.6) is 5.75 Å². The highest BCUT2D eigenvalue weighted by molar-refractivity contribution is 7.91. The SMILES string of the molecule is N#CCOc1cc(S(N)(=O)=O)ccc1NCC#Cc1sc2c(NC3CCC(N4CCS(=O)(=O)CC4)CC3)cccc2c1CC(F)(F)F. The van der Waals surface area contributed by atoms with Crippen molar-refractivity contribution in [1.29, 1.82) is 5.26 Å². The third-order valence-electron chi connectivity index (χ3n) is 8.29. The molecule has 1 saturated carbocycles. The molecule has 0 radical (unpaired) electrons. The van der Waals surface area contributed by atoms with Crippen molar-refractivity contribution in [1.82, 2.24) is 4.90 Å². The van der Waals surface area contributed by atoms with Gasteiger partial charge in [-0.2, -0.15) is 18.4 Å². The topological polar surface area (TPSA) is 155 Å². The third-order valence-corrected chi connectivity index (χ3v) is 12.0. The fraction of sp³-hybridized carbons (Fsp3) is 0.452. The van der Waals surface area contributed by atoms with Crippen LogP contribution in [-0.2, 0) is 26.3 Å². The van der Waals surface area contributed by atoms with Gasteiger partial charge in [-0.1, -0.05) is 24.0 Å². The maximum Gasteiger partial charge on any atom is 0.393 e. The Morgan fingerprint density at radius 3 is 2.47 bits per heavy atom. The van der Waals surface area contributed by atoms with Gasteiger partial charge in [0.2, 0.25) is 10.0 Å². The lowest BCUT2D eigenvalue weighted by atomic mass is 9.90. The molecule has 1 aliphatic carbocycles. The lowest BCUT2D eigenvalue weighted by Gasteiger charge is -2.39. The lowest BCUT2D eigenvalue weighted by Crippen LogP contribution is -2.48. The number of nitrogens with one attached hydrogen (secondary N) is 2. The van der Waals surface area contributed by atoms with E-state index in [9.17, 15) is 30.0 Å². The number of hydrogen-bond acceptors (Lipinski definition) is 10. The third kappa shape index (κ3) is 9.09. The fourth-order valence-corrected chi connectivity index (χ4v) is 8.91. The molecule has 2 aliphatic rings. The van der Waals surface area contributed by atoms with Crippen LogP contribution in [-0.4, -0.2) is 77.7 Å². The van der Waals surface area contributed by atoms with Crippen LogP contribution in [0.3, 0.4) is 0 Å². The van der Waals surface area contributed by atoms with Crippen LogP contribution >= 0.6 is 11.3 Å². The molecule has 1 saturated heterocycles. The maximum atomic E-state index is 13.7. The highest BCUT2D eigenvalue weighted by Crippen LogP contribution is 2.40. The molecule has 2 aromatic carbocycles. The van der Waals surface area contributed by atoms with Crippen molar-refractivity contribution in [2.45, 2.75) is 55.3 Å². The van der Waals surface area contributed by atoms with E-state index < -0.39 is 32.5 Å². The first-order valence-corrected chi connectivity index (χ1v) is 19.1. The largest absolute Gasteiger partial charge is 0.477 e. The van der Waals surface area contributed by atoms with Crippen molar-refractivity contribution in [3.8, 4) is 23.7 Å². The molecule has 0 atom stereocenters. The minimum Gasteiger partial charge on any atom is -0.477 e. The number of alkyl halides is 3. The summed E-state index contributed by atoms with van der Waals surface area (Å²) in [5.41, 5.74) is 1.19. The molecular weight excluding hydrogens is 676 g/mol. The lowest BCUT2D eigenvalue weighted by molar-refractivity contribution is -0.126. The van der Waals surface area contributed by atoms with E-state index in [4.69, 9.17) is 15.1 Å². The number of thiophene rings is 1. The number of primary sulfonamides is 1. The summed E-state index contributed by atoms with van der Waals surface area (Å²) in [7, 11) is -6.96. The Labute approximate surface area is 276 Å². The number of sulfonamides is 1. The minimum absolute atomic E-state index is 0.00532. The molecule has 0 amide bonds. The molecule has 0 unspecified atom stereocenters. The zero-order chi connectivity index (χ0) is 33.8. The highest BCUT2D eigenvalue weighted by Gasteiger charge is 2.32. The minimum atomic E-state index is -4.45. The van der Waals surface area contributed by atoms with Crippen molar-refractivity contribution in [2.75, 3.05) is 48.4 Å². The van der Waals surface area contributed by atoms with Crippen LogP contribution in [0.1, 0.15) is 36.1 Å². The van der Waals surface area contributed by atoms with E-state index >= 15 is 0 Å². The Hall–Kier alpha value is -3.54. The molecule has 16 heteroatoms. The van der Waals surface area contributed by atoms with Crippen LogP contribution in [0, 0.1) is 23.2 Å². The number of benzene rings is 2. The molecule has 3 aromatic rings. The number of hydrogen-bond donors (Lipinski definition) is 3. The molecule has 0 spiro atoms. The summed E-state index contributed by atoms with van der Waals surface area (Å²) >= 11 is 1.20. The van der Waals surface area contributed by atoms with Gasteiger partial charge in [0.05, 0.1) is 50.3 Å². The first-order chi connectivity index (χ1) is 22.2. The fourth-order valence-electron chi connectivity index (χ4n) is 5.98. The number of ether oxygens (including phenoxy) is 1. The van der Waals surface area contributed by atoms with E-state index in [1.807, 2.05) is 6.07 Å². The average Bonchev–Trinajstić information content (AvgIpc) is 3.35. The molecule has 10 nitrogen and oxygen atoms in total. The van der Waals surface area contributed by atoms with Crippen LogP contribution in [0.15, 0.2) is 41.3 Å². The van der Waals surface area contributed by atoms with Crippen molar-refractivity contribution >= 4 is 52.7 Å². The van der Waals surface area contributed by atoms with Crippen LogP contribution < -0.4 is 20.5 Å². The summed E-state index contributed by atoms with van der Waals surface area (Å²) in [5, 5.41) is 21.1. The van der Waals surface area contributed by atoms with Crippen molar-refractivity contribution in [3.05, 3.63) is 46.8 Å². The molecule has 0 bridgehead atoms. The highest BCUT2D eigenvalue weighted by atomic mass is 32.2. The van der Waals surface area contributed by atoms with E-state index in [-0.39, 0.29) is 46.9 Å². The van der Waals surface area contributed by atoms with Gasteiger partial charge in [0.15, 0.2) is 16.4 Å². The summed E-state index contributed by atoms with van der Waals surface area (Å²) in [5.74, 6) is 6.21. The predicted molar refractivity (Wildman–Crippen MR) is 176 cm³/mol. The van der Waals surface area contributed by atoms with Crippen LogP contribution in [0.2, 0.25) is 0 Å². The second-order valence-electron chi connectivity index (χ2n) is 11.5. The van der Waals surface area contributed by atoms with Crippen LogP contribution in [0.25, 0.3) is 10.1 Å². The molecule has 4 N–H and O–H groups in total. The van der Waals surface area contributed by atoms with Gasteiger partial charge >= 0.3 is 6.18 Å². The van der Waals surface area contributed by atoms with Gasteiger partial charge in [0.1, 0.15) is 11.8 Å². The van der Waals surface area contributed by atoms with Crippen molar-refractivity contribution in [3.63, 3.8) is 0 Å². The Bertz CT molecular complexity index is 1920. The number of halogens is 3. The standard InChI is InChI=1S/C31H34F3N5O5S3/c32-31(33,34)20-25-24-3-1-4-27(38-21-6-8-22(9-7-21)39-14-17-46(40,41)18-15-39)30(24)45-29(25)5-2-13-37-26-11-10-23(47(36,42)43)19-28(26)44-16-12-35/h1,3-4,10-11,19,21-22,37-38H,6-9,13-18,20H2,(H2,36,42,43). The Morgan fingerprint density at radius 2 is 1.81 bits per heavy atom. The van der Waals surface area contributed by atoms with Gasteiger partial charge in [0, 0.05) is 31.2 Å². The van der Waals surface area contributed by atoms with E-state index in [2.05, 4.69) is 27.4 Å². The molecule has 2 heterocycles. The van der Waals surface area contributed by atoms with Gasteiger partial charge in [0.25, 0.3) is 0 Å². The van der Waals surface area contributed by atoms with Gasteiger partial charge in [-0.05, 0) is 54.8 Å². The van der Waals surface area contributed by atoms with Crippen molar-refractivity contribution in [2.24, 2.45) is 5.14 Å². The maximum absolute atomic E-state index is 13.7. The Morgan fingerprint density at radius 1 is 1.09 bits per heavy atom. The van der Waals surface area contributed by atoms with Gasteiger partial charge in [-0.3, -0.25) is 4.90 Å². The summed E-state index contributed by atoms with van der Waals surface area (Å²) in [6.45, 7) is 0.762. The smallest absolute Gasteiger partial charge is 0.393 e. The zero-order valence-corrected chi connectivity index (χ0v) is 27.7. The van der Waals surface area contributed by atoms with Gasteiger partial charge in [-0.15, -0.1) is 11.3 Å². The quantitative estimate of drug-likeness (QED) is 0.273. The number of nitrogens with zero attached hydrogens (tertiary/aromatic N) is 2. The Kier molecular flexibility index (Phi) is 10.6. The molecule has 252 valence electrons. The normalized spacial score (nSPS) is 20.1. The second-order valence-corrected chi connectivity index (χ2v) is 16.4. The predicted octanol–water partition coefficient (Wildman–Crippen LogP) is 4.47. The number of nitriles is 1. The first kappa shape index (κ1) is 34.8. The van der Waals surface area contributed by atoms with Gasteiger partial charge in [-0.25, -0.2) is 22.0 Å².